The minimum atomic E-state index is -0.665. The molecule has 0 unspecified atom stereocenters. The zero-order valence-electron chi connectivity index (χ0n) is 18.2. The van der Waals surface area contributed by atoms with E-state index in [1.54, 1.807) is 13.0 Å². The van der Waals surface area contributed by atoms with Gasteiger partial charge in [0.1, 0.15) is 0 Å². The van der Waals surface area contributed by atoms with Crippen LogP contribution in [0.5, 0.6) is 0 Å². The Morgan fingerprint density at radius 3 is 2.55 bits per heavy atom. The van der Waals surface area contributed by atoms with Crippen LogP contribution < -0.4 is 10.6 Å². The van der Waals surface area contributed by atoms with Crippen molar-refractivity contribution in [2.24, 2.45) is 11.3 Å². The molecule has 0 aromatic heterocycles. The zero-order valence-corrected chi connectivity index (χ0v) is 18.9. The van der Waals surface area contributed by atoms with Crippen LogP contribution in [0.15, 0.2) is 18.2 Å². The van der Waals surface area contributed by atoms with Gasteiger partial charge in [-0.1, -0.05) is 50.8 Å². The van der Waals surface area contributed by atoms with Crippen LogP contribution >= 0.6 is 11.6 Å². The second-order valence-electron chi connectivity index (χ2n) is 9.76. The molecule has 31 heavy (non-hydrogen) atoms. The number of nitrogens with one attached hydrogen (secondary N) is 2. The van der Waals surface area contributed by atoms with Crippen LogP contribution in [0, 0.1) is 11.3 Å². The number of aliphatic hydroxyl groups excluding tert-OH is 2. The van der Waals surface area contributed by atoms with Crippen LogP contribution in [-0.2, 0) is 6.42 Å². The number of aliphatic hydroxyl groups is 2. The molecule has 6 heteroatoms. The first-order chi connectivity index (χ1) is 14.4. The summed E-state index contributed by atoms with van der Waals surface area (Å²) in [5, 5.41) is 25.6. The van der Waals surface area contributed by atoms with E-state index in [9.17, 15) is 15.0 Å². The van der Waals surface area contributed by atoms with Crippen molar-refractivity contribution in [2.45, 2.75) is 77.7 Å². The van der Waals surface area contributed by atoms with Gasteiger partial charge in [0.2, 0.25) is 0 Å². The molecule has 0 radical (unpaired) electrons. The molecular formula is C25H41ClN2O3. The molecule has 0 aliphatic heterocycles. The molecule has 0 saturated heterocycles. The topological polar surface area (TPSA) is 81.6 Å². The predicted octanol–water partition coefficient (Wildman–Crippen LogP) is 4.33. The first kappa shape index (κ1) is 26.1. The lowest BCUT2D eigenvalue weighted by Gasteiger charge is -2.45. The van der Waals surface area contributed by atoms with E-state index in [1.165, 1.54) is 44.9 Å². The number of carbonyl (C=O) groups is 1. The Balaban J connectivity index is 0.00000341. The molecule has 0 atom stereocenters. The fourth-order valence-electron chi connectivity index (χ4n) is 5.18. The number of hydrogen-bond donors (Lipinski definition) is 4. The smallest absolute Gasteiger partial charge is 0.252 e. The van der Waals surface area contributed by atoms with Crippen LogP contribution in [0.3, 0.4) is 0 Å². The number of carbonyl (C=O) groups excluding carboxylic acids is 1. The average Bonchev–Trinajstić information content (AvgIpc) is 2.76. The van der Waals surface area contributed by atoms with Gasteiger partial charge in [-0.2, -0.15) is 0 Å². The number of amides is 1. The third kappa shape index (κ3) is 6.92. The van der Waals surface area contributed by atoms with Gasteiger partial charge in [-0.05, 0) is 74.6 Å². The maximum Gasteiger partial charge on any atom is 0.252 e. The molecule has 1 aromatic carbocycles. The number of aryl methyl sites for hydroxylation is 1. The van der Waals surface area contributed by atoms with Crippen molar-refractivity contribution in [3.8, 4) is 0 Å². The molecule has 0 heterocycles. The summed E-state index contributed by atoms with van der Waals surface area (Å²) in [7, 11) is 0. The first-order valence-corrected chi connectivity index (χ1v) is 11.8. The molecule has 176 valence electrons. The van der Waals surface area contributed by atoms with Crippen LogP contribution in [-0.4, -0.2) is 48.0 Å². The standard InChI is InChI=1S/C24H37ClN2O3.CH4/c1-23(16-28,17-29)27-12-4-7-18-8-9-21(25)20(13-18)22(30)26-15-24-10-2-5-19(14-24)6-3-11-24;/h8-9,13,19,27-29H,2-7,10-12,14-17H2,1H3,(H,26,30);1H4. The maximum absolute atomic E-state index is 12.9. The summed E-state index contributed by atoms with van der Waals surface area (Å²) in [6.07, 6.45) is 10.6. The number of fused-ring (bicyclic) bond motifs is 2. The highest BCUT2D eigenvalue weighted by Gasteiger charge is 2.39. The summed E-state index contributed by atoms with van der Waals surface area (Å²) in [6.45, 7) is 2.99. The summed E-state index contributed by atoms with van der Waals surface area (Å²) < 4.78 is 0. The van der Waals surface area contributed by atoms with Crippen LogP contribution in [0.4, 0.5) is 0 Å². The molecule has 2 fully saturated rings. The van der Waals surface area contributed by atoms with Gasteiger partial charge in [-0.15, -0.1) is 0 Å². The van der Waals surface area contributed by atoms with E-state index in [2.05, 4.69) is 10.6 Å². The van der Waals surface area contributed by atoms with E-state index in [0.717, 1.165) is 30.9 Å². The van der Waals surface area contributed by atoms with E-state index < -0.39 is 5.54 Å². The first-order valence-electron chi connectivity index (χ1n) is 11.4. The number of benzene rings is 1. The SMILES string of the molecule is C.CC(CO)(CO)NCCCc1ccc(Cl)c(C(=O)NCC23CCCC(CCC2)C3)c1. The van der Waals surface area contributed by atoms with E-state index in [1.807, 2.05) is 12.1 Å². The van der Waals surface area contributed by atoms with E-state index >= 15 is 0 Å². The number of halogens is 1. The lowest BCUT2D eigenvalue weighted by Crippen LogP contribution is -2.49. The van der Waals surface area contributed by atoms with Crippen molar-refractivity contribution >= 4 is 17.5 Å². The van der Waals surface area contributed by atoms with Gasteiger partial charge in [-0.25, -0.2) is 0 Å². The van der Waals surface area contributed by atoms with Crippen LogP contribution in [0.2, 0.25) is 5.02 Å². The van der Waals surface area contributed by atoms with Gasteiger partial charge in [0.05, 0.1) is 29.3 Å². The Hall–Kier alpha value is -1.14. The largest absolute Gasteiger partial charge is 0.394 e. The number of hydrogen-bond acceptors (Lipinski definition) is 4. The van der Waals surface area contributed by atoms with E-state index in [4.69, 9.17) is 11.6 Å². The highest BCUT2D eigenvalue weighted by Crippen LogP contribution is 2.48. The molecule has 1 aromatic rings. The van der Waals surface area contributed by atoms with Crippen molar-refractivity contribution in [1.82, 2.24) is 10.6 Å². The average molecular weight is 453 g/mol. The maximum atomic E-state index is 12.9. The molecule has 2 bridgehead atoms. The Bertz CT molecular complexity index is 711. The molecule has 2 aliphatic carbocycles. The molecule has 0 spiro atoms. The summed E-state index contributed by atoms with van der Waals surface area (Å²) in [5.74, 6) is 0.777. The quantitative estimate of drug-likeness (QED) is 0.398. The highest BCUT2D eigenvalue weighted by atomic mass is 35.5. The zero-order chi connectivity index (χ0) is 21.6. The monoisotopic (exact) mass is 452 g/mol. The fraction of sp³-hybridized carbons (Fsp3) is 0.720. The lowest BCUT2D eigenvalue weighted by molar-refractivity contribution is 0.0681. The van der Waals surface area contributed by atoms with Gasteiger partial charge >= 0.3 is 0 Å². The predicted molar refractivity (Wildman–Crippen MR) is 128 cm³/mol. The van der Waals surface area contributed by atoms with Gasteiger partial charge in [0, 0.05) is 6.54 Å². The second-order valence-corrected chi connectivity index (χ2v) is 10.2. The Labute approximate surface area is 193 Å². The van der Waals surface area contributed by atoms with Crippen molar-refractivity contribution in [1.29, 1.82) is 0 Å². The lowest BCUT2D eigenvalue weighted by atomic mass is 9.62. The van der Waals surface area contributed by atoms with Crippen LogP contribution in [0.1, 0.15) is 81.6 Å². The van der Waals surface area contributed by atoms with Gasteiger partial charge < -0.3 is 20.8 Å². The van der Waals surface area contributed by atoms with Crippen molar-refractivity contribution in [3.63, 3.8) is 0 Å². The summed E-state index contributed by atoms with van der Waals surface area (Å²) in [5.41, 5.74) is 1.24. The molecule has 5 nitrogen and oxygen atoms in total. The van der Waals surface area contributed by atoms with Gasteiger partial charge in [-0.3, -0.25) is 4.79 Å². The van der Waals surface area contributed by atoms with Gasteiger partial charge in [0.15, 0.2) is 0 Å². The van der Waals surface area contributed by atoms with Crippen LogP contribution in [0.25, 0.3) is 0 Å². The fourth-order valence-corrected chi connectivity index (χ4v) is 5.38. The van der Waals surface area contributed by atoms with E-state index in [-0.39, 0.29) is 26.5 Å². The minimum Gasteiger partial charge on any atom is -0.394 e. The molecule has 2 saturated carbocycles. The Morgan fingerprint density at radius 2 is 1.90 bits per heavy atom. The summed E-state index contributed by atoms with van der Waals surface area (Å²) >= 11 is 6.35. The second kappa shape index (κ2) is 11.6. The number of rotatable bonds is 10. The normalized spacial score (nSPS) is 23.2. The van der Waals surface area contributed by atoms with Crippen molar-refractivity contribution < 1.29 is 15.0 Å². The van der Waals surface area contributed by atoms with Gasteiger partial charge in [0.25, 0.3) is 5.91 Å². The molecule has 2 aliphatic rings. The molecule has 1 amide bonds. The highest BCUT2D eigenvalue weighted by molar-refractivity contribution is 6.33. The van der Waals surface area contributed by atoms with Crippen molar-refractivity contribution in [3.05, 3.63) is 34.3 Å². The van der Waals surface area contributed by atoms with E-state index in [0.29, 0.717) is 22.5 Å². The van der Waals surface area contributed by atoms with Crippen molar-refractivity contribution in [2.75, 3.05) is 26.3 Å². The Kier molecular flexibility index (Phi) is 9.81. The summed E-state index contributed by atoms with van der Waals surface area (Å²) in [4.78, 5) is 12.9. The molecular weight excluding hydrogens is 412 g/mol. The molecule has 4 N–H and O–H groups in total. The minimum absolute atomic E-state index is 0. The third-order valence-electron chi connectivity index (χ3n) is 7.15. The Morgan fingerprint density at radius 1 is 1.23 bits per heavy atom. The molecule has 3 rings (SSSR count). The third-order valence-corrected chi connectivity index (χ3v) is 7.48. The summed E-state index contributed by atoms with van der Waals surface area (Å²) in [6, 6.07) is 5.67.